The molecular formula is C24H22F4N6. The minimum absolute atomic E-state index is 0.0859. The van der Waals surface area contributed by atoms with Gasteiger partial charge in [0.1, 0.15) is 17.4 Å². The summed E-state index contributed by atoms with van der Waals surface area (Å²) >= 11 is 0. The molecule has 34 heavy (non-hydrogen) atoms. The standard InChI is InChI=1S/C24H22F4N6/c1-3-4-6-15-9-11-16(12-10-15)31-23-17(13-29)14(2)20(22(30)32-23)33-34-21-18(24(26,27)28)7-5-8-19(21)25/h5,7-12H,3-4,6H2,1-2H3,(H3,30,31,32). The third-order valence-corrected chi connectivity index (χ3v) is 5.13. The summed E-state index contributed by atoms with van der Waals surface area (Å²) in [6.45, 7) is 3.63. The van der Waals surface area contributed by atoms with Crippen molar-refractivity contribution in [2.24, 2.45) is 10.2 Å². The molecule has 3 rings (SSSR count). The number of rotatable bonds is 7. The monoisotopic (exact) mass is 470 g/mol. The van der Waals surface area contributed by atoms with Crippen LogP contribution in [-0.4, -0.2) is 4.98 Å². The minimum atomic E-state index is -4.83. The first-order chi connectivity index (χ1) is 16.2. The smallest absolute Gasteiger partial charge is 0.382 e. The minimum Gasteiger partial charge on any atom is -0.382 e. The number of hydrogen-bond acceptors (Lipinski definition) is 6. The van der Waals surface area contributed by atoms with Gasteiger partial charge in [0.05, 0.1) is 11.1 Å². The zero-order valence-electron chi connectivity index (χ0n) is 18.5. The number of aromatic nitrogens is 1. The summed E-state index contributed by atoms with van der Waals surface area (Å²) in [5.41, 5.74) is 5.79. The summed E-state index contributed by atoms with van der Waals surface area (Å²) in [7, 11) is 0. The second kappa shape index (κ2) is 10.3. The number of anilines is 3. The molecule has 0 atom stereocenters. The number of unbranched alkanes of at least 4 members (excludes halogenated alkanes) is 1. The lowest BCUT2D eigenvalue weighted by Gasteiger charge is -2.13. The molecule has 0 amide bonds. The molecule has 6 nitrogen and oxygen atoms in total. The predicted octanol–water partition coefficient (Wildman–Crippen LogP) is 7.50. The first-order valence-electron chi connectivity index (χ1n) is 10.5. The topological polar surface area (TPSA) is 99.4 Å². The lowest BCUT2D eigenvalue weighted by Crippen LogP contribution is -2.06. The molecule has 0 bridgehead atoms. The van der Waals surface area contributed by atoms with E-state index in [9.17, 15) is 22.8 Å². The number of benzene rings is 2. The van der Waals surface area contributed by atoms with Gasteiger partial charge < -0.3 is 11.1 Å². The zero-order valence-corrected chi connectivity index (χ0v) is 18.5. The number of aryl methyl sites for hydroxylation is 1. The van der Waals surface area contributed by atoms with E-state index in [-0.39, 0.29) is 28.5 Å². The Balaban J connectivity index is 1.95. The lowest BCUT2D eigenvalue weighted by molar-refractivity contribution is -0.137. The van der Waals surface area contributed by atoms with Crippen LogP contribution in [0, 0.1) is 24.1 Å². The van der Waals surface area contributed by atoms with E-state index in [4.69, 9.17) is 5.73 Å². The maximum atomic E-state index is 14.1. The molecule has 3 aromatic rings. The van der Waals surface area contributed by atoms with Crippen LogP contribution in [0.2, 0.25) is 0 Å². The van der Waals surface area contributed by atoms with Gasteiger partial charge in [0.25, 0.3) is 0 Å². The van der Waals surface area contributed by atoms with Crippen molar-refractivity contribution < 1.29 is 17.6 Å². The van der Waals surface area contributed by atoms with Gasteiger partial charge in [-0.2, -0.15) is 18.4 Å². The molecule has 0 saturated heterocycles. The van der Waals surface area contributed by atoms with Gasteiger partial charge in [-0.05, 0) is 49.6 Å². The van der Waals surface area contributed by atoms with Crippen LogP contribution in [0.25, 0.3) is 0 Å². The molecule has 2 aromatic carbocycles. The molecule has 0 aliphatic carbocycles. The van der Waals surface area contributed by atoms with Crippen molar-refractivity contribution in [2.45, 2.75) is 39.3 Å². The Morgan fingerprint density at radius 1 is 1.09 bits per heavy atom. The van der Waals surface area contributed by atoms with Crippen LogP contribution in [0.1, 0.15) is 42.0 Å². The fourth-order valence-corrected chi connectivity index (χ4v) is 3.29. The van der Waals surface area contributed by atoms with Crippen molar-refractivity contribution in [1.82, 2.24) is 4.98 Å². The quantitative estimate of drug-likeness (QED) is 0.276. The van der Waals surface area contributed by atoms with Crippen LogP contribution in [-0.2, 0) is 12.6 Å². The number of alkyl halides is 3. The lowest BCUT2D eigenvalue weighted by atomic mass is 10.1. The van der Waals surface area contributed by atoms with E-state index in [0.29, 0.717) is 11.8 Å². The second-order valence-corrected chi connectivity index (χ2v) is 7.57. The first kappa shape index (κ1) is 24.6. The highest BCUT2D eigenvalue weighted by atomic mass is 19.4. The summed E-state index contributed by atoms with van der Waals surface area (Å²) in [6, 6.07) is 12.1. The van der Waals surface area contributed by atoms with Gasteiger partial charge in [-0.1, -0.05) is 31.5 Å². The number of nitrogens with one attached hydrogen (secondary N) is 1. The van der Waals surface area contributed by atoms with Gasteiger partial charge in [0.2, 0.25) is 0 Å². The molecule has 1 aromatic heterocycles. The third kappa shape index (κ3) is 5.49. The van der Waals surface area contributed by atoms with E-state index in [1.807, 2.05) is 30.3 Å². The molecule has 0 aliphatic rings. The predicted molar refractivity (Wildman–Crippen MR) is 122 cm³/mol. The van der Waals surface area contributed by atoms with Gasteiger partial charge in [-0.15, -0.1) is 10.2 Å². The highest BCUT2D eigenvalue weighted by Crippen LogP contribution is 2.40. The van der Waals surface area contributed by atoms with Crippen molar-refractivity contribution in [2.75, 3.05) is 11.1 Å². The number of halogens is 4. The van der Waals surface area contributed by atoms with Crippen molar-refractivity contribution in [3.05, 3.63) is 70.5 Å². The molecular weight excluding hydrogens is 448 g/mol. The van der Waals surface area contributed by atoms with E-state index in [1.165, 1.54) is 12.5 Å². The van der Waals surface area contributed by atoms with Crippen LogP contribution in [0.4, 0.5) is 46.3 Å². The SMILES string of the molecule is CCCCc1ccc(Nc2nc(N)c(N=Nc3c(F)cccc3C(F)(F)F)c(C)c2C#N)cc1. The Hall–Kier alpha value is -4.00. The Bertz CT molecular complexity index is 1240. The molecule has 0 spiro atoms. The van der Waals surface area contributed by atoms with E-state index in [2.05, 4.69) is 27.5 Å². The van der Waals surface area contributed by atoms with Crippen molar-refractivity contribution in [1.29, 1.82) is 5.26 Å². The summed E-state index contributed by atoms with van der Waals surface area (Å²) < 4.78 is 53.7. The van der Waals surface area contributed by atoms with Crippen molar-refractivity contribution >= 4 is 28.7 Å². The van der Waals surface area contributed by atoms with Crippen LogP contribution in [0.15, 0.2) is 52.7 Å². The first-order valence-corrected chi connectivity index (χ1v) is 10.5. The van der Waals surface area contributed by atoms with Gasteiger partial charge >= 0.3 is 6.18 Å². The third-order valence-electron chi connectivity index (χ3n) is 5.13. The van der Waals surface area contributed by atoms with Gasteiger partial charge in [0.15, 0.2) is 17.5 Å². The molecule has 3 N–H and O–H groups in total. The largest absolute Gasteiger partial charge is 0.418 e. The zero-order chi connectivity index (χ0) is 24.9. The number of nitriles is 1. The Morgan fingerprint density at radius 3 is 2.38 bits per heavy atom. The van der Waals surface area contributed by atoms with Crippen LogP contribution in [0.5, 0.6) is 0 Å². The fourth-order valence-electron chi connectivity index (χ4n) is 3.29. The highest BCUT2D eigenvalue weighted by molar-refractivity contribution is 5.75. The van der Waals surface area contributed by atoms with Crippen LogP contribution in [0.3, 0.4) is 0 Å². The Kier molecular flexibility index (Phi) is 7.46. The second-order valence-electron chi connectivity index (χ2n) is 7.57. The van der Waals surface area contributed by atoms with Gasteiger partial charge in [-0.25, -0.2) is 9.37 Å². The molecule has 0 radical (unpaired) electrons. The average molecular weight is 470 g/mol. The number of nitrogens with zero attached hydrogens (tertiary/aromatic N) is 4. The summed E-state index contributed by atoms with van der Waals surface area (Å²) in [4.78, 5) is 4.15. The summed E-state index contributed by atoms with van der Waals surface area (Å²) in [5, 5.41) is 19.9. The van der Waals surface area contributed by atoms with E-state index >= 15 is 0 Å². The summed E-state index contributed by atoms with van der Waals surface area (Å²) in [6.07, 6.45) is -1.70. The number of nitrogens with two attached hydrogens (primary N) is 1. The van der Waals surface area contributed by atoms with Crippen molar-refractivity contribution in [3.8, 4) is 6.07 Å². The average Bonchev–Trinajstić information content (AvgIpc) is 2.78. The normalized spacial score (nSPS) is 11.6. The van der Waals surface area contributed by atoms with Crippen LogP contribution >= 0.6 is 0 Å². The van der Waals surface area contributed by atoms with Gasteiger partial charge in [-0.3, -0.25) is 0 Å². The van der Waals surface area contributed by atoms with Crippen molar-refractivity contribution in [3.63, 3.8) is 0 Å². The molecule has 1 heterocycles. The number of azo groups is 1. The molecule has 10 heteroatoms. The van der Waals surface area contributed by atoms with E-state index in [1.54, 1.807) is 0 Å². The van der Waals surface area contributed by atoms with Gasteiger partial charge in [0, 0.05) is 11.3 Å². The van der Waals surface area contributed by atoms with E-state index in [0.717, 1.165) is 31.4 Å². The number of nitrogen functional groups attached to an aromatic ring is 1. The Labute approximate surface area is 194 Å². The molecule has 0 fully saturated rings. The maximum Gasteiger partial charge on any atom is 0.418 e. The molecule has 0 aliphatic heterocycles. The van der Waals surface area contributed by atoms with Crippen LogP contribution < -0.4 is 11.1 Å². The maximum absolute atomic E-state index is 14.1. The Morgan fingerprint density at radius 2 is 1.76 bits per heavy atom. The number of hydrogen-bond donors (Lipinski definition) is 2. The highest BCUT2D eigenvalue weighted by Gasteiger charge is 2.35. The van der Waals surface area contributed by atoms with E-state index < -0.39 is 23.2 Å². The molecule has 0 unspecified atom stereocenters. The molecule has 0 saturated carbocycles. The number of pyridine rings is 1. The fraction of sp³-hybridized carbons (Fsp3) is 0.250. The molecule has 176 valence electrons. The summed E-state index contributed by atoms with van der Waals surface area (Å²) in [5.74, 6) is -1.20.